The van der Waals surface area contributed by atoms with Gasteiger partial charge in [-0.3, -0.25) is 4.57 Å². The summed E-state index contributed by atoms with van der Waals surface area (Å²) in [6, 6.07) is 12.4. The van der Waals surface area contributed by atoms with E-state index in [4.69, 9.17) is 9.15 Å². The summed E-state index contributed by atoms with van der Waals surface area (Å²) in [6.07, 6.45) is 1.72. The molecule has 9 heteroatoms. The largest absolute Gasteiger partial charge is 0.444 e. The van der Waals surface area contributed by atoms with Gasteiger partial charge in [0.15, 0.2) is 5.16 Å². The van der Waals surface area contributed by atoms with E-state index in [-0.39, 0.29) is 0 Å². The van der Waals surface area contributed by atoms with Crippen LogP contribution in [0.2, 0.25) is 0 Å². The van der Waals surface area contributed by atoms with Gasteiger partial charge in [-0.2, -0.15) is 0 Å². The minimum absolute atomic E-state index is 0.655. The summed E-state index contributed by atoms with van der Waals surface area (Å²) in [4.78, 5) is 7.88. The summed E-state index contributed by atoms with van der Waals surface area (Å²) in [5.74, 6) is 2.17. The number of anilines is 1. The topological polar surface area (TPSA) is 69.2 Å². The number of morpholine rings is 1. The van der Waals surface area contributed by atoms with E-state index in [1.807, 2.05) is 17.5 Å². The maximum atomic E-state index is 5.65. The van der Waals surface area contributed by atoms with Crippen LogP contribution in [0.5, 0.6) is 0 Å². The van der Waals surface area contributed by atoms with Crippen molar-refractivity contribution in [3.05, 3.63) is 59.3 Å². The molecule has 1 aliphatic heterocycles. The zero-order valence-electron chi connectivity index (χ0n) is 16.5. The second kappa shape index (κ2) is 8.63. The molecule has 4 heterocycles. The zero-order valence-corrected chi connectivity index (χ0v) is 18.2. The van der Waals surface area contributed by atoms with Gasteiger partial charge in [0, 0.05) is 18.8 Å². The van der Waals surface area contributed by atoms with Gasteiger partial charge in [-0.25, -0.2) is 4.98 Å². The first-order valence-electron chi connectivity index (χ1n) is 9.74. The minimum Gasteiger partial charge on any atom is -0.444 e. The quantitative estimate of drug-likeness (QED) is 0.412. The van der Waals surface area contributed by atoms with Crippen molar-refractivity contribution in [1.82, 2.24) is 19.7 Å². The molecule has 1 fully saturated rings. The van der Waals surface area contributed by atoms with E-state index in [1.54, 1.807) is 29.4 Å². The summed E-state index contributed by atoms with van der Waals surface area (Å²) >= 11 is 3.23. The van der Waals surface area contributed by atoms with Gasteiger partial charge in [-0.05, 0) is 36.1 Å². The highest BCUT2D eigenvalue weighted by atomic mass is 32.2. The summed E-state index contributed by atoms with van der Waals surface area (Å²) in [5, 5.41) is 11.9. The number of oxazole rings is 1. The van der Waals surface area contributed by atoms with Gasteiger partial charge in [0.05, 0.1) is 29.5 Å². The number of rotatable bonds is 6. The molecular weight excluding hydrogens is 418 g/mol. The van der Waals surface area contributed by atoms with Crippen LogP contribution in [-0.2, 0) is 10.5 Å². The van der Waals surface area contributed by atoms with E-state index in [0.717, 1.165) is 40.5 Å². The monoisotopic (exact) mass is 439 g/mol. The van der Waals surface area contributed by atoms with Crippen LogP contribution < -0.4 is 4.90 Å². The number of ether oxygens (including phenoxy) is 1. The Kier molecular flexibility index (Phi) is 5.56. The van der Waals surface area contributed by atoms with Crippen LogP contribution in [0.4, 0.5) is 5.95 Å². The first-order chi connectivity index (χ1) is 14.8. The predicted octanol–water partition coefficient (Wildman–Crippen LogP) is 4.42. The molecule has 0 unspecified atom stereocenters. The molecule has 7 nitrogen and oxygen atoms in total. The average molecular weight is 440 g/mol. The van der Waals surface area contributed by atoms with Crippen LogP contribution in [0, 0.1) is 6.92 Å². The van der Waals surface area contributed by atoms with Crippen molar-refractivity contribution < 1.29 is 9.15 Å². The number of thiophene rings is 1. The van der Waals surface area contributed by atoms with E-state index in [9.17, 15) is 0 Å². The maximum Gasteiger partial charge on any atom is 0.236 e. The fraction of sp³-hybridized carbons (Fsp3) is 0.286. The van der Waals surface area contributed by atoms with Gasteiger partial charge in [0.2, 0.25) is 11.8 Å². The second-order valence-corrected chi connectivity index (χ2v) is 8.86. The molecule has 0 saturated carbocycles. The van der Waals surface area contributed by atoms with Crippen molar-refractivity contribution in [3.63, 3.8) is 0 Å². The Morgan fingerprint density at radius 1 is 1.13 bits per heavy atom. The molecule has 0 spiro atoms. The molecule has 0 aliphatic carbocycles. The number of hydrogen-bond donors (Lipinski definition) is 0. The smallest absolute Gasteiger partial charge is 0.236 e. The molecule has 0 bridgehead atoms. The van der Waals surface area contributed by atoms with E-state index in [0.29, 0.717) is 24.9 Å². The van der Waals surface area contributed by atoms with Crippen molar-refractivity contribution >= 4 is 29.0 Å². The number of aryl methyl sites for hydroxylation is 1. The Hall–Kier alpha value is -2.62. The van der Waals surface area contributed by atoms with Crippen molar-refractivity contribution in [2.75, 3.05) is 31.2 Å². The summed E-state index contributed by atoms with van der Waals surface area (Å²) in [6.45, 7) is 5.11. The molecule has 1 aliphatic rings. The van der Waals surface area contributed by atoms with Crippen LogP contribution in [0.3, 0.4) is 0 Å². The van der Waals surface area contributed by atoms with Crippen LogP contribution in [0.1, 0.15) is 11.3 Å². The number of aromatic nitrogens is 4. The normalized spacial score (nSPS) is 14.4. The van der Waals surface area contributed by atoms with Crippen molar-refractivity contribution in [1.29, 1.82) is 0 Å². The molecule has 1 saturated heterocycles. The molecule has 1 aromatic carbocycles. The Bertz CT molecular complexity index is 1120. The third-order valence-corrected chi connectivity index (χ3v) is 6.62. The number of benzene rings is 1. The Morgan fingerprint density at radius 2 is 2.03 bits per heavy atom. The average Bonchev–Trinajstić information content (AvgIpc) is 3.53. The van der Waals surface area contributed by atoms with Gasteiger partial charge in [-0.15, -0.1) is 21.5 Å². The maximum absolute atomic E-state index is 5.65. The van der Waals surface area contributed by atoms with E-state index in [1.165, 1.54) is 5.56 Å². The number of nitrogens with zero attached hydrogens (tertiary/aromatic N) is 5. The predicted molar refractivity (Wildman–Crippen MR) is 119 cm³/mol. The molecule has 0 amide bonds. The lowest BCUT2D eigenvalue weighted by Crippen LogP contribution is -2.37. The van der Waals surface area contributed by atoms with Gasteiger partial charge in [0.25, 0.3) is 0 Å². The lowest BCUT2D eigenvalue weighted by Gasteiger charge is -2.28. The van der Waals surface area contributed by atoms with Gasteiger partial charge < -0.3 is 14.1 Å². The fourth-order valence-corrected chi connectivity index (χ4v) is 4.82. The highest BCUT2D eigenvalue weighted by Gasteiger charge is 2.22. The van der Waals surface area contributed by atoms with Gasteiger partial charge in [0.1, 0.15) is 6.26 Å². The molecule has 4 aromatic rings. The van der Waals surface area contributed by atoms with Crippen LogP contribution in [-0.4, -0.2) is 46.1 Å². The molecule has 0 atom stereocenters. The SMILES string of the molecule is Cc1cccc(-n2c(SCc3coc(-c4cccs4)n3)nnc2N2CCOCC2)c1. The van der Waals surface area contributed by atoms with Crippen molar-refractivity contribution in [3.8, 4) is 16.5 Å². The lowest BCUT2D eigenvalue weighted by atomic mass is 10.2. The summed E-state index contributed by atoms with van der Waals surface area (Å²) in [7, 11) is 0. The van der Waals surface area contributed by atoms with E-state index in [2.05, 4.69) is 55.8 Å². The van der Waals surface area contributed by atoms with Crippen molar-refractivity contribution in [2.24, 2.45) is 0 Å². The van der Waals surface area contributed by atoms with Crippen LogP contribution >= 0.6 is 23.1 Å². The summed E-state index contributed by atoms with van der Waals surface area (Å²) in [5.41, 5.74) is 3.14. The van der Waals surface area contributed by atoms with Crippen molar-refractivity contribution in [2.45, 2.75) is 17.8 Å². The fourth-order valence-electron chi connectivity index (χ4n) is 3.34. The first kappa shape index (κ1) is 19.3. The molecule has 30 heavy (non-hydrogen) atoms. The number of thioether (sulfide) groups is 1. The Morgan fingerprint density at radius 3 is 2.83 bits per heavy atom. The highest BCUT2D eigenvalue weighted by Crippen LogP contribution is 2.30. The standard InChI is InChI=1S/C21H21N5O2S2/c1-15-4-2-5-17(12-15)26-20(25-7-9-27-10-8-25)23-24-21(26)30-14-16-13-28-19(22-16)18-6-3-11-29-18/h2-6,11-13H,7-10,14H2,1H3. The van der Waals surface area contributed by atoms with Gasteiger partial charge >= 0.3 is 0 Å². The molecule has 0 radical (unpaired) electrons. The first-order valence-corrected chi connectivity index (χ1v) is 11.6. The molecule has 5 rings (SSSR count). The van der Waals surface area contributed by atoms with E-state index < -0.39 is 0 Å². The molecule has 0 N–H and O–H groups in total. The molecule has 3 aromatic heterocycles. The highest BCUT2D eigenvalue weighted by molar-refractivity contribution is 7.98. The minimum atomic E-state index is 0.655. The van der Waals surface area contributed by atoms with Crippen LogP contribution in [0.15, 0.2) is 57.6 Å². The lowest BCUT2D eigenvalue weighted by molar-refractivity contribution is 0.122. The molecular formula is C21H21N5O2S2. The van der Waals surface area contributed by atoms with E-state index >= 15 is 0 Å². The second-order valence-electron chi connectivity index (χ2n) is 6.97. The number of hydrogen-bond acceptors (Lipinski definition) is 8. The third kappa shape index (κ3) is 4.00. The van der Waals surface area contributed by atoms with Crippen LogP contribution in [0.25, 0.3) is 16.5 Å². The Labute approximate surface area is 182 Å². The zero-order chi connectivity index (χ0) is 20.3. The third-order valence-electron chi connectivity index (χ3n) is 4.80. The Balaban J connectivity index is 1.42. The molecule has 154 valence electrons. The van der Waals surface area contributed by atoms with Gasteiger partial charge in [-0.1, -0.05) is 30.0 Å². The summed E-state index contributed by atoms with van der Waals surface area (Å²) < 4.78 is 13.3.